The number of carbonyl (C=O) groups is 3. The lowest BCUT2D eigenvalue weighted by Gasteiger charge is -2.28. The monoisotopic (exact) mass is 1080 g/mol. The van der Waals surface area contributed by atoms with Gasteiger partial charge in [0, 0.05) is 67.8 Å². The Balaban J connectivity index is 0.000000156. The summed E-state index contributed by atoms with van der Waals surface area (Å²) in [4.78, 5) is 47.6. The highest BCUT2D eigenvalue weighted by molar-refractivity contribution is 5.95. The predicted octanol–water partition coefficient (Wildman–Crippen LogP) is 11.0. The summed E-state index contributed by atoms with van der Waals surface area (Å²) in [6.07, 6.45) is 9.20. The lowest BCUT2D eigenvalue weighted by molar-refractivity contribution is -0.133. The van der Waals surface area contributed by atoms with Gasteiger partial charge in [-0.3, -0.25) is 33.4 Å². The topological polar surface area (TPSA) is 155 Å². The number of hydrogen-bond donors (Lipinski definition) is 0. The minimum Gasteiger partial charge on any atom is -0.472 e. The van der Waals surface area contributed by atoms with Crippen LogP contribution in [0.3, 0.4) is 0 Å². The molecule has 3 aliphatic heterocycles. The van der Waals surface area contributed by atoms with Crippen LogP contribution in [0.4, 0.5) is 4.39 Å². The fraction of sp³-hybridized carbons (Fsp3) is 0.349. The Morgan fingerprint density at radius 2 is 0.900 bits per heavy atom. The van der Waals surface area contributed by atoms with Crippen molar-refractivity contribution in [1.29, 1.82) is 0 Å². The third-order valence-corrected chi connectivity index (χ3v) is 14.5. The second kappa shape index (κ2) is 27.3. The average molecular weight is 1090 g/mol. The highest BCUT2D eigenvalue weighted by atomic mass is 19.1. The molecular weight excluding hydrogens is 1010 g/mol. The molecule has 3 amide bonds. The molecule has 4 aromatic heterocycles. The van der Waals surface area contributed by atoms with Crippen LogP contribution in [0, 0.1) is 25.6 Å². The number of halogens is 1. The van der Waals surface area contributed by atoms with Gasteiger partial charge in [0.05, 0.1) is 56.4 Å². The van der Waals surface area contributed by atoms with Gasteiger partial charge in [-0.1, -0.05) is 106 Å². The van der Waals surface area contributed by atoms with Gasteiger partial charge >= 0.3 is 0 Å². The summed E-state index contributed by atoms with van der Waals surface area (Å²) in [5.41, 5.74) is 9.73. The van der Waals surface area contributed by atoms with E-state index in [1.807, 2.05) is 152 Å². The van der Waals surface area contributed by atoms with E-state index in [1.54, 1.807) is 24.5 Å². The summed E-state index contributed by atoms with van der Waals surface area (Å²) in [5.74, 6) is 2.45. The third kappa shape index (κ3) is 15.1. The molecule has 7 heterocycles. The van der Waals surface area contributed by atoms with Crippen molar-refractivity contribution in [3.63, 3.8) is 0 Å². The molecule has 0 atom stereocenters. The zero-order chi connectivity index (χ0) is 53.8. The van der Waals surface area contributed by atoms with E-state index in [0.717, 1.165) is 63.6 Å². The molecule has 16 nitrogen and oxygen atoms in total. The van der Waals surface area contributed by atoms with Gasteiger partial charge in [-0.2, -0.15) is 0 Å². The Bertz CT molecular complexity index is 3270. The molecule has 17 heteroatoms. The van der Waals surface area contributed by atoms with Crippen LogP contribution >= 0.6 is 0 Å². The predicted molar refractivity (Wildman–Crippen MR) is 304 cm³/mol. The molecule has 0 radical (unpaired) electrons. The minimum atomic E-state index is -0.269. The molecule has 12 rings (SSSR count). The van der Waals surface area contributed by atoms with Crippen LogP contribution in [0.2, 0.25) is 0 Å². The van der Waals surface area contributed by atoms with E-state index < -0.39 is 0 Å². The number of carbonyl (C=O) groups excluding carboxylic acids is 3. The van der Waals surface area contributed by atoms with Crippen molar-refractivity contribution >= 4 is 17.7 Å². The van der Waals surface area contributed by atoms with Gasteiger partial charge < -0.3 is 28.9 Å². The molecule has 0 bridgehead atoms. The van der Waals surface area contributed by atoms with Crippen LogP contribution in [0.15, 0.2) is 146 Å². The van der Waals surface area contributed by atoms with Crippen molar-refractivity contribution in [3.05, 3.63) is 208 Å². The second-order valence-electron chi connectivity index (χ2n) is 20.3. The average Bonchev–Trinajstić information content (AvgIpc) is 4.31. The lowest BCUT2D eigenvalue weighted by atomic mass is 10.0. The molecule has 418 valence electrons. The van der Waals surface area contributed by atoms with E-state index in [0.29, 0.717) is 107 Å². The number of aromatic nitrogens is 7. The Morgan fingerprint density at radius 3 is 1.35 bits per heavy atom. The van der Waals surface area contributed by atoms with Gasteiger partial charge in [0.15, 0.2) is 0 Å². The van der Waals surface area contributed by atoms with Gasteiger partial charge in [-0.15, -0.1) is 15.3 Å². The summed E-state index contributed by atoms with van der Waals surface area (Å²) in [7, 11) is 0. The van der Waals surface area contributed by atoms with Crippen LogP contribution < -0.4 is 14.2 Å². The molecule has 1 aliphatic carbocycles. The first-order chi connectivity index (χ1) is 38.0. The van der Waals surface area contributed by atoms with E-state index >= 15 is 0 Å². The van der Waals surface area contributed by atoms with Gasteiger partial charge in [-0.05, 0) is 97.8 Å². The quantitative estimate of drug-likeness (QED) is 0.109. The van der Waals surface area contributed by atoms with Crippen molar-refractivity contribution in [2.75, 3.05) is 19.6 Å². The van der Waals surface area contributed by atoms with Crippen molar-refractivity contribution in [2.45, 2.75) is 120 Å². The molecule has 4 aromatic carbocycles. The van der Waals surface area contributed by atoms with Crippen molar-refractivity contribution in [2.24, 2.45) is 5.92 Å². The Hall–Kier alpha value is -8.60. The SMILES string of the molecule is C.C.Cc1ccc(C(=O)N2CCn3nc(OCc4ccc(F)cc4)cc3C2)cc1.Cc1ccc(C(=O)N2CCn3nc(OCc4ccncc4)cc3C2)cc1.O=C(CC1CCCC1)N1CCn2nc(OCc3ccccc3)cc2C1. The van der Waals surface area contributed by atoms with Gasteiger partial charge in [0.25, 0.3) is 11.8 Å². The standard InChI is InChI=1S/C21H20FN3O2.C20H20N4O2.C20H25N3O2.2CH4/c1-15-2-6-17(7-3-15)21(26)24-10-11-25-19(13-24)12-20(23-25)27-14-16-4-8-18(22)9-5-16;1-15-2-4-17(5-3-15)20(25)23-10-11-24-18(13-23)12-19(22-24)26-14-16-6-8-21-9-7-16;24-20(12-16-6-4-5-7-16)22-10-11-23-18(14-22)13-19(21-23)25-15-17-8-2-1-3-9-17;;/h2-9,12H,10-11,13-14H2,1H3;2-9,12H,10-11,13-14H2,1H3;1-3,8-9,13,16H,4-7,10-12,14-15H2;2*1H4. The molecule has 0 spiro atoms. The van der Waals surface area contributed by atoms with E-state index in [2.05, 4.69) is 20.3 Å². The largest absolute Gasteiger partial charge is 0.472 e. The van der Waals surface area contributed by atoms with Crippen molar-refractivity contribution < 1.29 is 33.0 Å². The number of nitrogens with zero attached hydrogens (tertiary/aromatic N) is 10. The number of pyridine rings is 1. The number of amides is 3. The first-order valence-electron chi connectivity index (χ1n) is 26.8. The van der Waals surface area contributed by atoms with E-state index in [4.69, 9.17) is 14.2 Å². The molecule has 8 aromatic rings. The summed E-state index contributed by atoms with van der Waals surface area (Å²) < 4.78 is 36.0. The highest BCUT2D eigenvalue weighted by Gasteiger charge is 2.28. The van der Waals surface area contributed by atoms with Crippen LogP contribution in [-0.4, -0.2) is 86.4 Å². The minimum absolute atomic E-state index is 0. The number of benzene rings is 4. The number of hydrogen-bond acceptors (Lipinski definition) is 10. The third-order valence-electron chi connectivity index (χ3n) is 14.5. The summed E-state index contributed by atoms with van der Waals surface area (Å²) in [6, 6.07) is 41.2. The van der Waals surface area contributed by atoms with E-state index in [9.17, 15) is 18.8 Å². The summed E-state index contributed by atoms with van der Waals surface area (Å²) in [5, 5.41) is 13.4. The number of fused-ring (bicyclic) bond motifs is 3. The van der Waals surface area contributed by atoms with Gasteiger partial charge in [0.2, 0.25) is 23.5 Å². The van der Waals surface area contributed by atoms with Crippen LogP contribution in [0.1, 0.15) is 113 Å². The van der Waals surface area contributed by atoms with Crippen LogP contribution in [-0.2, 0) is 63.9 Å². The van der Waals surface area contributed by atoms with Gasteiger partial charge in [-0.25, -0.2) is 4.39 Å². The van der Waals surface area contributed by atoms with Crippen LogP contribution in [0.5, 0.6) is 17.6 Å². The summed E-state index contributed by atoms with van der Waals surface area (Å²) >= 11 is 0. The number of ether oxygens (including phenoxy) is 3. The zero-order valence-electron chi connectivity index (χ0n) is 44.3. The smallest absolute Gasteiger partial charge is 0.254 e. The van der Waals surface area contributed by atoms with Crippen molar-refractivity contribution in [3.8, 4) is 17.6 Å². The molecule has 4 aliphatic rings. The normalized spacial score (nSPS) is 14.3. The molecule has 0 N–H and O–H groups in total. The fourth-order valence-electron chi connectivity index (χ4n) is 9.94. The maximum absolute atomic E-state index is 13.0. The Labute approximate surface area is 468 Å². The highest BCUT2D eigenvalue weighted by Crippen LogP contribution is 2.29. The molecule has 0 unspecified atom stereocenters. The molecule has 0 saturated heterocycles. The van der Waals surface area contributed by atoms with Crippen LogP contribution in [0.25, 0.3) is 0 Å². The maximum Gasteiger partial charge on any atom is 0.254 e. The summed E-state index contributed by atoms with van der Waals surface area (Å²) in [6.45, 7) is 11.0. The van der Waals surface area contributed by atoms with E-state index in [1.165, 1.54) is 37.8 Å². The Morgan fingerprint density at radius 1 is 0.500 bits per heavy atom. The molecule has 1 fully saturated rings. The molecular formula is C63H73FN10O6. The number of aryl methyl sites for hydroxylation is 2. The first-order valence-corrected chi connectivity index (χ1v) is 26.8. The second-order valence-corrected chi connectivity index (χ2v) is 20.3. The van der Waals surface area contributed by atoms with Crippen molar-refractivity contribution in [1.82, 2.24) is 49.0 Å². The maximum atomic E-state index is 13.0. The Kier molecular flexibility index (Phi) is 19.7. The zero-order valence-corrected chi connectivity index (χ0v) is 44.3. The first kappa shape index (κ1) is 57.6. The fourth-order valence-corrected chi connectivity index (χ4v) is 9.94. The van der Waals surface area contributed by atoms with E-state index in [-0.39, 0.29) is 32.5 Å². The lowest BCUT2D eigenvalue weighted by Crippen LogP contribution is -2.38. The molecule has 80 heavy (non-hydrogen) atoms. The van der Waals surface area contributed by atoms with Gasteiger partial charge in [0.1, 0.15) is 25.6 Å². The molecule has 1 saturated carbocycles. The number of rotatable bonds is 13.